The van der Waals surface area contributed by atoms with Crippen LogP contribution in [0.4, 0.5) is 0 Å². The van der Waals surface area contributed by atoms with Crippen molar-refractivity contribution in [2.45, 2.75) is 17.3 Å². The number of hydrogen-bond donors (Lipinski definition) is 1. The number of hydrogen-bond acceptors (Lipinski definition) is 3. The smallest absolute Gasteiger partial charge is 0.150 e. The maximum absolute atomic E-state index is 10.3. The summed E-state index contributed by atoms with van der Waals surface area (Å²) in [6.07, 6.45) is 0.802. The fourth-order valence-corrected chi connectivity index (χ4v) is 1.51. The highest BCUT2D eigenvalue weighted by Crippen LogP contribution is 2.21. The van der Waals surface area contributed by atoms with E-state index >= 15 is 0 Å². The normalized spacial score (nSPS) is 12.5. The van der Waals surface area contributed by atoms with E-state index in [2.05, 4.69) is 0 Å². The minimum absolute atomic E-state index is 0.410. The highest BCUT2D eigenvalue weighted by atomic mass is 32.2. The molecule has 0 aliphatic heterocycles. The van der Waals surface area contributed by atoms with Crippen LogP contribution in [0, 0.1) is 0 Å². The van der Waals surface area contributed by atoms with Crippen LogP contribution in [-0.2, 0) is 0 Å². The number of carbonyl (C=O) groups excluding carboxylic acids is 1. The van der Waals surface area contributed by atoms with Crippen LogP contribution in [0.1, 0.15) is 17.3 Å². The molecular weight excluding hydrogens is 172 g/mol. The molecule has 12 heavy (non-hydrogen) atoms. The van der Waals surface area contributed by atoms with Crippen molar-refractivity contribution < 1.29 is 9.90 Å². The van der Waals surface area contributed by atoms with E-state index in [0.717, 1.165) is 11.2 Å². The molecule has 1 N–H and O–H groups in total. The first-order valence-electron chi connectivity index (χ1n) is 3.62. The quantitative estimate of drug-likeness (QED) is 0.441. The van der Waals surface area contributed by atoms with E-state index in [1.165, 1.54) is 11.8 Å². The Labute approximate surface area is 75.6 Å². The van der Waals surface area contributed by atoms with E-state index in [9.17, 15) is 4.79 Å². The Morgan fingerprint density at radius 1 is 1.42 bits per heavy atom. The molecule has 1 aromatic carbocycles. The standard InChI is InChI=1S/C9H10O2S/c1-7(11)12-9-4-2-8(6-10)3-5-9/h2-7,11H,1H3. The number of aliphatic hydroxyl groups is 1. The Morgan fingerprint density at radius 2 is 2.00 bits per heavy atom. The van der Waals surface area contributed by atoms with E-state index in [1.807, 2.05) is 12.1 Å². The fraction of sp³-hybridized carbons (Fsp3) is 0.222. The first-order chi connectivity index (χ1) is 5.72. The van der Waals surface area contributed by atoms with Gasteiger partial charge in [-0.3, -0.25) is 4.79 Å². The highest BCUT2D eigenvalue weighted by molar-refractivity contribution is 7.99. The third-order valence-electron chi connectivity index (χ3n) is 1.32. The first-order valence-corrected chi connectivity index (χ1v) is 4.50. The Bertz CT molecular complexity index is 254. The number of thioether (sulfide) groups is 1. The van der Waals surface area contributed by atoms with Gasteiger partial charge in [-0.2, -0.15) is 0 Å². The summed E-state index contributed by atoms with van der Waals surface area (Å²) in [7, 11) is 0. The van der Waals surface area contributed by atoms with E-state index in [-0.39, 0.29) is 0 Å². The summed E-state index contributed by atoms with van der Waals surface area (Å²) in [6.45, 7) is 1.71. The van der Waals surface area contributed by atoms with Gasteiger partial charge in [0.25, 0.3) is 0 Å². The SMILES string of the molecule is CC(O)Sc1ccc(C=O)cc1. The van der Waals surface area contributed by atoms with E-state index in [0.29, 0.717) is 5.56 Å². The lowest BCUT2D eigenvalue weighted by molar-refractivity contribution is 0.112. The zero-order valence-electron chi connectivity index (χ0n) is 6.73. The van der Waals surface area contributed by atoms with Gasteiger partial charge in [0.15, 0.2) is 0 Å². The fourth-order valence-electron chi connectivity index (χ4n) is 0.822. The monoisotopic (exact) mass is 182 g/mol. The van der Waals surface area contributed by atoms with Crippen molar-refractivity contribution in [1.82, 2.24) is 0 Å². The van der Waals surface area contributed by atoms with Crippen molar-refractivity contribution in [3.05, 3.63) is 29.8 Å². The molecule has 1 atom stereocenters. The molecule has 1 unspecified atom stereocenters. The Morgan fingerprint density at radius 3 is 2.42 bits per heavy atom. The molecule has 0 saturated heterocycles. The largest absolute Gasteiger partial charge is 0.382 e. The lowest BCUT2D eigenvalue weighted by Crippen LogP contribution is -1.90. The second-order valence-electron chi connectivity index (χ2n) is 2.40. The lowest BCUT2D eigenvalue weighted by Gasteiger charge is -2.02. The maximum Gasteiger partial charge on any atom is 0.150 e. The zero-order valence-corrected chi connectivity index (χ0v) is 7.54. The molecule has 0 bridgehead atoms. The van der Waals surface area contributed by atoms with Crippen molar-refractivity contribution in [1.29, 1.82) is 0 Å². The number of benzene rings is 1. The van der Waals surface area contributed by atoms with Gasteiger partial charge in [0, 0.05) is 10.5 Å². The van der Waals surface area contributed by atoms with Crippen LogP contribution < -0.4 is 0 Å². The molecular formula is C9H10O2S. The van der Waals surface area contributed by atoms with Crippen LogP contribution in [0.5, 0.6) is 0 Å². The minimum Gasteiger partial charge on any atom is -0.382 e. The van der Waals surface area contributed by atoms with Gasteiger partial charge in [0.1, 0.15) is 11.7 Å². The minimum atomic E-state index is -0.410. The van der Waals surface area contributed by atoms with Crippen LogP contribution in [0.3, 0.4) is 0 Å². The summed E-state index contributed by atoms with van der Waals surface area (Å²) in [5.41, 5.74) is 0.247. The van der Waals surface area contributed by atoms with Crippen LogP contribution in [0.2, 0.25) is 0 Å². The summed E-state index contributed by atoms with van der Waals surface area (Å²) in [6, 6.07) is 7.11. The van der Waals surface area contributed by atoms with Gasteiger partial charge in [-0.1, -0.05) is 23.9 Å². The summed E-state index contributed by atoms with van der Waals surface area (Å²) in [5.74, 6) is 0. The topological polar surface area (TPSA) is 37.3 Å². The molecule has 0 radical (unpaired) electrons. The molecule has 0 saturated carbocycles. The average Bonchev–Trinajstić information content (AvgIpc) is 2.05. The second-order valence-corrected chi connectivity index (χ2v) is 3.79. The predicted octanol–water partition coefficient (Wildman–Crippen LogP) is 1.93. The molecule has 0 heterocycles. The predicted molar refractivity (Wildman–Crippen MR) is 49.4 cm³/mol. The molecule has 1 aromatic rings. The Kier molecular flexibility index (Phi) is 3.31. The van der Waals surface area contributed by atoms with E-state index < -0.39 is 5.44 Å². The molecule has 0 amide bonds. The molecule has 64 valence electrons. The van der Waals surface area contributed by atoms with Crippen LogP contribution in [-0.4, -0.2) is 16.8 Å². The lowest BCUT2D eigenvalue weighted by atomic mass is 10.2. The number of rotatable bonds is 3. The van der Waals surface area contributed by atoms with Gasteiger partial charge in [-0.15, -0.1) is 0 Å². The van der Waals surface area contributed by atoms with Crippen molar-refractivity contribution >= 4 is 18.0 Å². The molecule has 0 aromatic heterocycles. The Hall–Kier alpha value is -0.800. The summed E-state index contributed by atoms with van der Waals surface area (Å²) in [5, 5.41) is 9.03. The zero-order chi connectivity index (χ0) is 8.97. The van der Waals surface area contributed by atoms with E-state index in [1.54, 1.807) is 19.1 Å². The van der Waals surface area contributed by atoms with Crippen molar-refractivity contribution in [2.75, 3.05) is 0 Å². The molecule has 0 aliphatic carbocycles. The highest BCUT2D eigenvalue weighted by Gasteiger charge is 1.98. The summed E-state index contributed by atoms with van der Waals surface area (Å²) >= 11 is 1.36. The first kappa shape index (κ1) is 9.29. The van der Waals surface area contributed by atoms with Gasteiger partial charge in [0.05, 0.1) is 0 Å². The number of aldehydes is 1. The van der Waals surface area contributed by atoms with Gasteiger partial charge in [0.2, 0.25) is 0 Å². The number of aliphatic hydroxyl groups excluding tert-OH is 1. The van der Waals surface area contributed by atoms with Crippen molar-refractivity contribution in [3.8, 4) is 0 Å². The molecule has 1 rings (SSSR count). The van der Waals surface area contributed by atoms with Gasteiger partial charge in [-0.25, -0.2) is 0 Å². The molecule has 0 spiro atoms. The van der Waals surface area contributed by atoms with Crippen LogP contribution >= 0.6 is 11.8 Å². The molecule has 3 heteroatoms. The number of carbonyl (C=O) groups is 1. The molecule has 2 nitrogen and oxygen atoms in total. The van der Waals surface area contributed by atoms with Crippen LogP contribution in [0.15, 0.2) is 29.2 Å². The summed E-state index contributed by atoms with van der Waals surface area (Å²) in [4.78, 5) is 11.3. The van der Waals surface area contributed by atoms with E-state index in [4.69, 9.17) is 5.11 Å². The third-order valence-corrected chi connectivity index (χ3v) is 2.21. The van der Waals surface area contributed by atoms with Gasteiger partial charge < -0.3 is 5.11 Å². The molecule has 0 aliphatic rings. The Balaban J connectivity index is 2.71. The van der Waals surface area contributed by atoms with Crippen molar-refractivity contribution in [2.24, 2.45) is 0 Å². The maximum atomic E-state index is 10.3. The molecule has 0 fully saturated rings. The second kappa shape index (κ2) is 4.28. The van der Waals surface area contributed by atoms with Gasteiger partial charge >= 0.3 is 0 Å². The van der Waals surface area contributed by atoms with Crippen LogP contribution in [0.25, 0.3) is 0 Å². The average molecular weight is 182 g/mol. The summed E-state index contributed by atoms with van der Waals surface area (Å²) < 4.78 is 0. The van der Waals surface area contributed by atoms with Gasteiger partial charge in [-0.05, 0) is 19.1 Å². The van der Waals surface area contributed by atoms with Crippen molar-refractivity contribution in [3.63, 3.8) is 0 Å². The third kappa shape index (κ3) is 2.68.